The molecular formula is C22H28FN5O3. The van der Waals surface area contributed by atoms with E-state index in [9.17, 15) is 9.18 Å². The number of amides is 1. The highest BCUT2D eigenvalue weighted by Crippen LogP contribution is 2.20. The Morgan fingerprint density at radius 2 is 2.06 bits per heavy atom. The smallest absolute Gasteiger partial charge is 0.410 e. The van der Waals surface area contributed by atoms with Gasteiger partial charge in [-0.1, -0.05) is 0 Å². The Hall–Kier alpha value is -3.10. The van der Waals surface area contributed by atoms with Crippen LogP contribution in [0.3, 0.4) is 0 Å². The van der Waals surface area contributed by atoms with Crippen LogP contribution in [0.4, 0.5) is 9.18 Å². The van der Waals surface area contributed by atoms with Gasteiger partial charge in [0.05, 0.1) is 18.3 Å². The summed E-state index contributed by atoms with van der Waals surface area (Å²) < 4.78 is 24.1. The number of rotatable bonds is 4. The van der Waals surface area contributed by atoms with Crippen molar-refractivity contribution in [3.63, 3.8) is 0 Å². The van der Waals surface area contributed by atoms with Crippen molar-refractivity contribution >= 4 is 12.1 Å². The van der Waals surface area contributed by atoms with Gasteiger partial charge in [-0.2, -0.15) is 0 Å². The van der Waals surface area contributed by atoms with Crippen LogP contribution < -0.4 is 5.32 Å². The fourth-order valence-corrected chi connectivity index (χ4v) is 3.67. The number of oxazole rings is 1. The van der Waals surface area contributed by atoms with Crippen molar-refractivity contribution in [3.05, 3.63) is 42.0 Å². The zero-order chi connectivity index (χ0) is 22.0. The third kappa shape index (κ3) is 5.15. The summed E-state index contributed by atoms with van der Waals surface area (Å²) in [7, 11) is 0. The van der Waals surface area contributed by atoms with Gasteiger partial charge in [-0.3, -0.25) is 4.99 Å². The first kappa shape index (κ1) is 21.1. The molecule has 0 spiro atoms. The number of aliphatic imine (C=N–C) groups is 1. The summed E-state index contributed by atoms with van der Waals surface area (Å²) in [6, 6.07) is 6.23. The van der Waals surface area contributed by atoms with Crippen LogP contribution >= 0.6 is 0 Å². The number of benzene rings is 1. The standard InChI is InChI=1S/C22H28FN5O3/c1-22(2,3)31-21(29)27-10-11-28-18(13-27)12-25-20(28)24-9-8-17-14-30-19(26-17)15-4-6-16(23)7-5-15/h4-7,14,18H,8-13H2,1-3H3,(H,24,25). The normalized spacial score (nSPS) is 18.6. The Labute approximate surface area is 181 Å². The monoisotopic (exact) mass is 429 g/mol. The molecule has 9 heteroatoms. The summed E-state index contributed by atoms with van der Waals surface area (Å²) in [5.41, 5.74) is 1.06. The molecule has 166 valence electrons. The van der Waals surface area contributed by atoms with E-state index in [1.807, 2.05) is 20.8 Å². The molecule has 0 saturated carbocycles. The molecule has 31 heavy (non-hydrogen) atoms. The number of halogens is 1. The van der Waals surface area contributed by atoms with E-state index in [2.05, 4.69) is 20.2 Å². The Bertz CT molecular complexity index is 951. The predicted octanol–water partition coefficient (Wildman–Crippen LogP) is 2.90. The van der Waals surface area contributed by atoms with Crippen LogP contribution in [0.5, 0.6) is 0 Å². The minimum absolute atomic E-state index is 0.167. The van der Waals surface area contributed by atoms with Crippen molar-refractivity contribution < 1.29 is 18.3 Å². The molecule has 1 atom stereocenters. The number of carbonyl (C=O) groups is 1. The summed E-state index contributed by atoms with van der Waals surface area (Å²) in [6.45, 7) is 8.87. The number of guanidine groups is 1. The highest BCUT2D eigenvalue weighted by Gasteiger charge is 2.36. The number of hydrogen-bond donors (Lipinski definition) is 1. The molecule has 1 fully saturated rings. The molecule has 1 amide bonds. The van der Waals surface area contributed by atoms with E-state index in [0.29, 0.717) is 45.0 Å². The van der Waals surface area contributed by atoms with Gasteiger partial charge >= 0.3 is 6.09 Å². The van der Waals surface area contributed by atoms with Gasteiger partial charge in [0, 0.05) is 38.2 Å². The average Bonchev–Trinajstić information content (AvgIpc) is 3.34. The first-order valence-electron chi connectivity index (χ1n) is 10.5. The van der Waals surface area contributed by atoms with Crippen molar-refractivity contribution in [2.24, 2.45) is 4.99 Å². The summed E-state index contributed by atoms with van der Waals surface area (Å²) in [5.74, 6) is 1.05. The van der Waals surface area contributed by atoms with E-state index in [1.165, 1.54) is 12.1 Å². The van der Waals surface area contributed by atoms with E-state index >= 15 is 0 Å². The van der Waals surface area contributed by atoms with Gasteiger partial charge in [0.15, 0.2) is 5.96 Å². The SMILES string of the molecule is CC(C)(C)OC(=O)N1CCN2C(NCCc3coc(-c4ccc(F)cc4)n3)=NCC2C1. The van der Waals surface area contributed by atoms with E-state index in [4.69, 9.17) is 9.15 Å². The second kappa shape index (κ2) is 8.56. The Morgan fingerprint density at radius 1 is 1.29 bits per heavy atom. The van der Waals surface area contributed by atoms with Gasteiger partial charge in [0.2, 0.25) is 5.89 Å². The van der Waals surface area contributed by atoms with Crippen molar-refractivity contribution in [2.45, 2.75) is 38.8 Å². The van der Waals surface area contributed by atoms with Crippen LogP contribution in [0.1, 0.15) is 26.5 Å². The number of fused-ring (bicyclic) bond motifs is 1. The molecule has 0 aliphatic carbocycles. The second-order valence-electron chi connectivity index (χ2n) is 8.77. The van der Waals surface area contributed by atoms with Gasteiger partial charge in [-0.15, -0.1) is 0 Å². The summed E-state index contributed by atoms with van der Waals surface area (Å²) >= 11 is 0. The molecule has 8 nitrogen and oxygen atoms in total. The third-order valence-electron chi connectivity index (χ3n) is 5.17. The lowest BCUT2D eigenvalue weighted by Crippen LogP contribution is -2.57. The second-order valence-corrected chi connectivity index (χ2v) is 8.77. The molecular weight excluding hydrogens is 401 g/mol. The van der Waals surface area contributed by atoms with Crippen LogP contribution in [-0.2, 0) is 11.2 Å². The third-order valence-corrected chi connectivity index (χ3v) is 5.17. The number of carbonyl (C=O) groups excluding carboxylic acids is 1. The lowest BCUT2D eigenvalue weighted by atomic mass is 10.2. The van der Waals surface area contributed by atoms with Crippen LogP contribution in [0.2, 0.25) is 0 Å². The molecule has 1 saturated heterocycles. The lowest BCUT2D eigenvalue weighted by Gasteiger charge is -2.39. The topological polar surface area (TPSA) is 83.2 Å². The molecule has 4 rings (SSSR count). The zero-order valence-electron chi connectivity index (χ0n) is 18.1. The molecule has 2 aliphatic heterocycles. The molecule has 0 radical (unpaired) electrons. The van der Waals surface area contributed by atoms with Gasteiger partial charge in [-0.05, 0) is 45.0 Å². The fraction of sp³-hybridized carbons (Fsp3) is 0.500. The number of piperazine rings is 1. The number of hydrogen-bond acceptors (Lipinski definition) is 7. The Balaban J connectivity index is 1.25. The van der Waals surface area contributed by atoms with Crippen molar-refractivity contribution in [3.8, 4) is 11.5 Å². The lowest BCUT2D eigenvalue weighted by molar-refractivity contribution is 0.0137. The maximum Gasteiger partial charge on any atom is 0.410 e. The van der Waals surface area contributed by atoms with E-state index in [-0.39, 0.29) is 18.0 Å². The molecule has 1 N–H and O–H groups in total. The number of nitrogens with zero attached hydrogens (tertiary/aromatic N) is 4. The summed E-state index contributed by atoms with van der Waals surface area (Å²) in [5, 5.41) is 3.38. The van der Waals surface area contributed by atoms with Crippen LogP contribution in [0, 0.1) is 5.82 Å². The van der Waals surface area contributed by atoms with Crippen LogP contribution in [0.25, 0.3) is 11.5 Å². The first-order valence-corrected chi connectivity index (χ1v) is 10.5. The summed E-state index contributed by atoms with van der Waals surface area (Å²) in [6.07, 6.45) is 2.03. The molecule has 1 aromatic heterocycles. The van der Waals surface area contributed by atoms with Gasteiger partial charge in [0.25, 0.3) is 0 Å². The van der Waals surface area contributed by atoms with Crippen LogP contribution in [-0.4, -0.2) is 71.2 Å². The molecule has 1 aromatic carbocycles. The zero-order valence-corrected chi connectivity index (χ0v) is 18.1. The van der Waals surface area contributed by atoms with Gasteiger partial charge < -0.3 is 24.3 Å². The largest absolute Gasteiger partial charge is 0.444 e. The first-order chi connectivity index (χ1) is 14.8. The maximum atomic E-state index is 13.1. The molecule has 3 heterocycles. The summed E-state index contributed by atoms with van der Waals surface area (Å²) in [4.78, 5) is 25.4. The molecule has 1 unspecified atom stereocenters. The Kier molecular flexibility index (Phi) is 5.84. The molecule has 2 aromatic rings. The van der Waals surface area contributed by atoms with E-state index in [1.54, 1.807) is 23.3 Å². The average molecular weight is 429 g/mol. The minimum Gasteiger partial charge on any atom is -0.444 e. The number of nitrogens with one attached hydrogen (secondary N) is 1. The quantitative estimate of drug-likeness (QED) is 0.805. The predicted molar refractivity (Wildman–Crippen MR) is 114 cm³/mol. The maximum absolute atomic E-state index is 13.1. The van der Waals surface area contributed by atoms with Crippen molar-refractivity contribution in [2.75, 3.05) is 32.7 Å². The Morgan fingerprint density at radius 3 is 2.81 bits per heavy atom. The fourth-order valence-electron chi connectivity index (χ4n) is 3.67. The molecule has 0 bridgehead atoms. The van der Waals surface area contributed by atoms with Gasteiger partial charge in [0.1, 0.15) is 17.7 Å². The van der Waals surface area contributed by atoms with Crippen molar-refractivity contribution in [1.29, 1.82) is 0 Å². The van der Waals surface area contributed by atoms with E-state index < -0.39 is 5.60 Å². The van der Waals surface area contributed by atoms with Crippen molar-refractivity contribution in [1.82, 2.24) is 20.1 Å². The van der Waals surface area contributed by atoms with E-state index in [0.717, 1.165) is 17.2 Å². The number of aromatic nitrogens is 1. The highest BCUT2D eigenvalue weighted by molar-refractivity contribution is 5.82. The van der Waals surface area contributed by atoms with Crippen LogP contribution in [0.15, 0.2) is 39.9 Å². The number of ether oxygens (including phenoxy) is 1. The van der Waals surface area contributed by atoms with Gasteiger partial charge in [-0.25, -0.2) is 14.2 Å². The highest BCUT2D eigenvalue weighted by atomic mass is 19.1. The molecule has 2 aliphatic rings. The minimum atomic E-state index is -0.495.